The molecule has 0 aliphatic heterocycles. The van der Waals surface area contributed by atoms with Gasteiger partial charge in [-0.3, -0.25) is 5.43 Å². The van der Waals surface area contributed by atoms with Gasteiger partial charge in [0.1, 0.15) is 12.4 Å². The highest BCUT2D eigenvalue weighted by molar-refractivity contribution is 6.30. The molecule has 0 unspecified atom stereocenters. The summed E-state index contributed by atoms with van der Waals surface area (Å²) in [6.45, 7) is 0.456. The fourth-order valence-electron chi connectivity index (χ4n) is 2.20. The number of hydrogen-bond donors (Lipinski definition) is 1. The summed E-state index contributed by atoms with van der Waals surface area (Å²) in [5, 5.41) is 4.97. The van der Waals surface area contributed by atoms with E-state index in [1.165, 1.54) is 0 Å². The van der Waals surface area contributed by atoms with Gasteiger partial charge >= 0.3 is 0 Å². The van der Waals surface area contributed by atoms with Crippen LogP contribution in [0.3, 0.4) is 0 Å². The van der Waals surface area contributed by atoms with Gasteiger partial charge < -0.3 is 4.74 Å². The normalized spacial score (nSPS) is 10.7. The molecule has 3 aromatic carbocycles. The lowest BCUT2D eigenvalue weighted by molar-refractivity contribution is 0.306. The summed E-state index contributed by atoms with van der Waals surface area (Å²) in [4.78, 5) is 0. The molecule has 1 N–H and O–H groups in total. The van der Waals surface area contributed by atoms with Crippen LogP contribution in [0.1, 0.15) is 11.1 Å². The maximum absolute atomic E-state index is 6.00. The Morgan fingerprint density at radius 2 is 1.71 bits per heavy atom. The number of halogens is 1. The molecule has 0 aromatic heterocycles. The van der Waals surface area contributed by atoms with E-state index in [9.17, 15) is 0 Å². The van der Waals surface area contributed by atoms with Crippen molar-refractivity contribution in [3.63, 3.8) is 0 Å². The molecule has 120 valence electrons. The first-order chi connectivity index (χ1) is 11.8. The van der Waals surface area contributed by atoms with Crippen LogP contribution in [0.5, 0.6) is 5.75 Å². The zero-order chi connectivity index (χ0) is 16.6. The zero-order valence-corrected chi connectivity index (χ0v) is 13.8. The van der Waals surface area contributed by atoms with Crippen molar-refractivity contribution in [1.82, 2.24) is 0 Å². The number of benzene rings is 3. The van der Waals surface area contributed by atoms with Crippen LogP contribution < -0.4 is 10.2 Å². The van der Waals surface area contributed by atoms with Crippen LogP contribution in [0.15, 0.2) is 84.0 Å². The van der Waals surface area contributed by atoms with Crippen molar-refractivity contribution in [2.75, 3.05) is 5.43 Å². The first-order valence-electron chi connectivity index (χ1n) is 7.62. The predicted octanol–water partition coefficient (Wildman–Crippen LogP) is 5.37. The second-order valence-electron chi connectivity index (χ2n) is 5.19. The number of ether oxygens (including phenoxy) is 1. The summed E-state index contributed by atoms with van der Waals surface area (Å²) >= 11 is 6.00. The van der Waals surface area contributed by atoms with Gasteiger partial charge in [0.2, 0.25) is 0 Å². The van der Waals surface area contributed by atoms with Crippen molar-refractivity contribution >= 4 is 23.5 Å². The zero-order valence-electron chi connectivity index (χ0n) is 13.0. The molecule has 0 saturated carbocycles. The number of para-hydroxylation sites is 2. The van der Waals surface area contributed by atoms with Gasteiger partial charge in [-0.15, -0.1) is 0 Å². The third-order valence-electron chi connectivity index (χ3n) is 3.37. The van der Waals surface area contributed by atoms with Crippen LogP contribution in [0, 0.1) is 0 Å². The Hall–Kier alpha value is -2.78. The molecular weight excluding hydrogens is 320 g/mol. The summed E-state index contributed by atoms with van der Waals surface area (Å²) < 4.78 is 5.90. The number of rotatable bonds is 6. The average molecular weight is 337 g/mol. The lowest BCUT2D eigenvalue weighted by atomic mass is 10.2. The molecule has 3 aromatic rings. The second-order valence-corrected chi connectivity index (χ2v) is 5.63. The third-order valence-corrected chi connectivity index (χ3v) is 3.61. The average Bonchev–Trinajstić information content (AvgIpc) is 2.62. The van der Waals surface area contributed by atoms with E-state index in [1.54, 1.807) is 6.21 Å². The molecule has 0 heterocycles. The van der Waals surface area contributed by atoms with Crippen LogP contribution in [-0.4, -0.2) is 6.21 Å². The molecule has 4 heteroatoms. The molecule has 3 rings (SSSR count). The largest absolute Gasteiger partial charge is 0.488 e. The van der Waals surface area contributed by atoms with Gasteiger partial charge in [0.05, 0.1) is 11.9 Å². The van der Waals surface area contributed by atoms with Crippen LogP contribution in [0.25, 0.3) is 0 Å². The number of nitrogens with zero attached hydrogens (tertiary/aromatic N) is 1. The quantitative estimate of drug-likeness (QED) is 0.485. The lowest BCUT2D eigenvalue weighted by Crippen LogP contribution is -1.99. The molecule has 3 nitrogen and oxygen atoms in total. The second kappa shape index (κ2) is 8.18. The van der Waals surface area contributed by atoms with Crippen LogP contribution in [0.4, 0.5) is 5.69 Å². The molecule has 0 spiro atoms. The fourth-order valence-corrected chi connectivity index (χ4v) is 2.41. The van der Waals surface area contributed by atoms with E-state index < -0.39 is 0 Å². The Bertz CT molecular complexity index is 819. The Morgan fingerprint density at radius 3 is 2.54 bits per heavy atom. The SMILES string of the molecule is Clc1cccc(COc2ccccc2/C=N\Nc2ccccc2)c1. The smallest absolute Gasteiger partial charge is 0.128 e. The molecule has 0 amide bonds. The summed E-state index contributed by atoms with van der Waals surface area (Å²) in [5.74, 6) is 0.774. The van der Waals surface area contributed by atoms with Crippen LogP contribution in [-0.2, 0) is 6.61 Å². The van der Waals surface area contributed by atoms with Gasteiger partial charge in [0.25, 0.3) is 0 Å². The maximum atomic E-state index is 6.00. The highest BCUT2D eigenvalue weighted by Crippen LogP contribution is 2.19. The number of hydrazone groups is 1. The molecule has 0 aliphatic rings. The molecular formula is C20H17ClN2O. The van der Waals surface area contributed by atoms with E-state index in [1.807, 2.05) is 78.9 Å². The van der Waals surface area contributed by atoms with Gasteiger partial charge in [-0.2, -0.15) is 5.10 Å². The first-order valence-corrected chi connectivity index (χ1v) is 7.99. The van der Waals surface area contributed by atoms with Gasteiger partial charge in [-0.1, -0.05) is 54.1 Å². The standard InChI is InChI=1S/C20H17ClN2O/c21-18-9-6-7-16(13-18)15-24-20-12-5-4-8-17(20)14-22-23-19-10-2-1-3-11-19/h1-14,23H,15H2/b22-14-. The topological polar surface area (TPSA) is 33.6 Å². The van der Waals surface area contributed by atoms with Gasteiger partial charge in [-0.05, 0) is 42.0 Å². The highest BCUT2D eigenvalue weighted by atomic mass is 35.5. The molecule has 24 heavy (non-hydrogen) atoms. The minimum atomic E-state index is 0.456. The Labute approximate surface area is 146 Å². The van der Waals surface area contributed by atoms with Gasteiger partial charge in [0.15, 0.2) is 0 Å². The fraction of sp³-hybridized carbons (Fsp3) is 0.0500. The number of nitrogens with one attached hydrogen (secondary N) is 1. The minimum Gasteiger partial charge on any atom is -0.488 e. The maximum Gasteiger partial charge on any atom is 0.128 e. The molecule has 0 radical (unpaired) electrons. The molecule has 0 saturated heterocycles. The Morgan fingerprint density at radius 1 is 0.917 bits per heavy atom. The van der Waals surface area contributed by atoms with E-state index in [0.29, 0.717) is 11.6 Å². The van der Waals surface area contributed by atoms with Crippen molar-refractivity contribution in [2.45, 2.75) is 6.61 Å². The molecule has 0 bridgehead atoms. The third kappa shape index (κ3) is 4.61. The van der Waals surface area contributed by atoms with Crippen molar-refractivity contribution in [2.24, 2.45) is 5.10 Å². The highest BCUT2D eigenvalue weighted by Gasteiger charge is 2.02. The van der Waals surface area contributed by atoms with Crippen molar-refractivity contribution < 1.29 is 4.74 Å². The van der Waals surface area contributed by atoms with Crippen molar-refractivity contribution in [1.29, 1.82) is 0 Å². The predicted molar refractivity (Wildman–Crippen MR) is 99.9 cm³/mol. The Balaban J connectivity index is 1.66. The van der Waals surface area contributed by atoms with Gasteiger partial charge in [-0.25, -0.2) is 0 Å². The van der Waals surface area contributed by atoms with E-state index in [-0.39, 0.29) is 0 Å². The summed E-state index contributed by atoms with van der Waals surface area (Å²) in [7, 11) is 0. The van der Waals surface area contributed by atoms with Crippen LogP contribution >= 0.6 is 11.6 Å². The monoisotopic (exact) mass is 336 g/mol. The summed E-state index contributed by atoms with van der Waals surface area (Å²) in [5.41, 5.74) is 5.86. The van der Waals surface area contributed by atoms with Crippen molar-refractivity contribution in [3.8, 4) is 5.75 Å². The van der Waals surface area contributed by atoms with Crippen molar-refractivity contribution in [3.05, 3.63) is 95.0 Å². The van der Waals surface area contributed by atoms with E-state index in [2.05, 4.69) is 10.5 Å². The molecule has 0 fully saturated rings. The number of hydrogen-bond acceptors (Lipinski definition) is 3. The lowest BCUT2D eigenvalue weighted by Gasteiger charge is -2.09. The van der Waals surface area contributed by atoms with Crippen LogP contribution in [0.2, 0.25) is 5.02 Å². The first kappa shape index (κ1) is 16.1. The summed E-state index contributed by atoms with van der Waals surface area (Å²) in [6, 6.07) is 25.2. The molecule has 0 aliphatic carbocycles. The van der Waals surface area contributed by atoms with E-state index in [4.69, 9.17) is 16.3 Å². The minimum absolute atomic E-state index is 0.456. The number of anilines is 1. The van der Waals surface area contributed by atoms with Gasteiger partial charge in [0, 0.05) is 10.6 Å². The molecule has 0 atom stereocenters. The summed E-state index contributed by atoms with van der Waals surface area (Å²) in [6.07, 6.45) is 1.75. The van der Waals surface area contributed by atoms with E-state index in [0.717, 1.165) is 22.6 Å². The van der Waals surface area contributed by atoms with E-state index >= 15 is 0 Å². The Kier molecular flexibility index (Phi) is 5.48.